The summed E-state index contributed by atoms with van der Waals surface area (Å²) in [5.41, 5.74) is 1.87. The van der Waals surface area contributed by atoms with Crippen LogP contribution < -0.4 is 5.32 Å². The fourth-order valence-electron chi connectivity index (χ4n) is 3.75. The van der Waals surface area contributed by atoms with Crippen molar-refractivity contribution in [3.05, 3.63) is 82.6 Å². The third-order valence-electron chi connectivity index (χ3n) is 5.95. The van der Waals surface area contributed by atoms with E-state index in [0.717, 1.165) is 27.9 Å². The molecule has 0 saturated heterocycles. The maximum atomic E-state index is 13.8. The van der Waals surface area contributed by atoms with Crippen molar-refractivity contribution in [1.29, 1.82) is 0 Å². The lowest BCUT2D eigenvalue weighted by molar-refractivity contribution is -0.142. The largest absolute Gasteiger partial charge is 0.349 e. The summed E-state index contributed by atoms with van der Waals surface area (Å²) < 4.78 is 1.59. The molecule has 2 aromatic heterocycles. The van der Waals surface area contributed by atoms with E-state index in [-0.39, 0.29) is 18.4 Å². The summed E-state index contributed by atoms with van der Waals surface area (Å²) in [5, 5.41) is 13.5. The Morgan fingerprint density at radius 1 is 1.06 bits per heavy atom. The number of thiophene rings is 1. The zero-order valence-corrected chi connectivity index (χ0v) is 20.5. The summed E-state index contributed by atoms with van der Waals surface area (Å²) in [5.74, 6) is -0.409. The topological polar surface area (TPSA) is 80.1 Å². The average molecular weight is 476 g/mol. The summed E-state index contributed by atoms with van der Waals surface area (Å²) in [4.78, 5) is 30.1. The fraction of sp³-hybridized carbons (Fsp3) is 0.308. The third-order valence-corrected chi connectivity index (χ3v) is 6.81. The van der Waals surface area contributed by atoms with Crippen LogP contribution in [0.5, 0.6) is 0 Å². The van der Waals surface area contributed by atoms with Crippen LogP contribution in [0.25, 0.3) is 11.0 Å². The Morgan fingerprint density at radius 3 is 2.50 bits per heavy atom. The Hall–Kier alpha value is -3.52. The Morgan fingerprint density at radius 2 is 1.79 bits per heavy atom. The first kappa shape index (κ1) is 23.6. The van der Waals surface area contributed by atoms with Crippen molar-refractivity contribution >= 4 is 34.2 Å². The van der Waals surface area contributed by atoms with E-state index in [1.165, 1.54) is 0 Å². The lowest BCUT2D eigenvalue weighted by Gasteiger charge is -2.34. The van der Waals surface area contributed by atoms with Crippen LogP contribution in [0, 0.1) is 0 Å². The van der Waals surface area contributed by atoms with Crippen LogP contribution in [0.4, 0.5) is 0 Å². The number of para-hydroxylation sites is 1. The molecule has 1 atom stereocenters. The molecule has 0 spiro atoms. The van der Waals surface area contributed by atoms with Crippen molar-refractivity contribution in [3.8, 4) is 0 Å². The van der Waals surface area contributed by atoms with Crippen molar-refractivity contribution in [2.24, 2.45) is 0 Å². The van der Waals surface area contributed by atoms with Gasteiger partial charge in [-0.1, -0.05) is 60.7 Å². The van der Waals surface area contributed by atoms with Crippen LogP contribution in [0.3, 0.4) is 0 Å². The Balaban J connectivity index is 1.72. The van der Waals surface area contributed by atoms with Crippen LogP contribution in [-0.2, 0) is 22.7 Å². The number of fused-ring (bicyclic) bond motifs is 1. The van der Waals surface area contributed by atoms with Gasteiger partial charge >= 0.3 is 0 Å². The SMILES string of the molecule is CCC(C)(C)NC(=O)[C@@H](c1ccccc1)N(Cc1cccs1)C(=O)Cn1nnc2ccccc21. The number of aromatic nitrogens is 3. The molecule has 0 fully saturated rings. The van der Waals surface area contributed by atoms with Crippen LogP contribution in [-0.4, -0.2) is 37.2 Å². The van der Waals surface area contributed by atoms with Gasteiger partial charge in [0.05, 0.1) is 12.1 Å². The summed E-state index contributed by atoms with van der Waals surface area (Å²) in [6.45, 7) is 6.31. The van der Waals surface area contributed by atoms with Gasteiger partial charge in [-0.15, -0.1) is 16.4 Å². The van der Waals surface area contributed by atoms with Crippen molar-refractivity contribution in [2.45, 2.75) is 51.9 Å². The Bertz CT molecular complexity index is 1250. The number of carbonyl (C=O) groups excluding carboxylic acids is 2. The molecule has 4 aromatic rings. The number of carbonyl (C=O) groups is 2. The lowest BCUT2D eigenvalue weighted by atomic mass is 9.98. The van der Waals surface area contributed by atoms with Crippen LogP contribution in [0.15, 0.2) is 72.1 Å². The molecule has 2 aromatic carbocycles. The van der Waals surface area contributed by atoms with Gasteiger partial charge in [0, 0.05) is 10.4 Å². The Labute approximate surface area is 203 Å². The highest BCUT2D eigenvalue weighted by molar-refractivity contribution is 7.09. The quantitative estimate of drug-likeness (QED) is 0.385. The minimum Gasteiger partial charge on any atom is -0.349 e. The molecule has 2 amide bonds. The molecule has 7 nitrogen and oxygen atoms in total. The summed E-state index contributed by atoms with van der Waals surface area (Å²) in [6, 6.07) is 20.1. The normalized spacial score (nSPS) is 12.4. The van der Waals surface area contributed by atoms with Crippen molar-refractivity contribution in [3.63, 3.8) is 0 Å². The second-order valence-corrected chi connectivity index (χ2v) is 9.91. The molecule has 0 aliphatic heterocycles. The number of hydrogen-bond donors (Lipinski definition) is 1. The second-order valence-electron chi connectivity index (χ2n) is 8.88. The molecule has 0 aliphatic carbocycles. The number of benzene rings is 2. The van der Waals surface area contributed by atoms with Gasteiger partial charge in [0.2, 0.25) is 11.8 Å². The Kier molecular flexibility index (Phi) is 7.07. The third kappa shape index (κ3) is 5.34. The highest BCUT2D eigenvalue weighted by Gasteiger charge is 2.34. The van der Waals surface area contributed by atoms with E-state index in [1.807, 2.05) is 92.9 Å². The fourth-order valence-corrected chi connectivity index (χ4v) is 4.45. The van der Waals surface area contributed by atoms with E-state index in [1.54, 1.807) is 20.9 Å². The first-order valence-electron chi connectivity index (χ1n) is 11.3. The minimum atomic E-state index is -0.781. The molecular weight excluding hydrogens is 446 g/mol. The number of amides is 2. The van der Waals surface area contributed by atoms with Crippen molar-refractivity contribution in [1.82, 2.24) is 25.2 Å². The predicted octanol–water partition coefficient (Wildman–Crippen LogP) is 4.57. The van der Waals surface area contributed by atoms with Gasteiger partial charge < -0.3 is 10.2 Å². The summed E-state index contributed by atoms with van der Waals surface area (Å²) >= 11 is 1.56. The monoisotopic (exact) mass is 475 g/mol. The predicted molar refractivity (Wildman–Crippen MR) is 134 cm³/mol. The number of hydrogen-bond acceptors (Lipinski definition) is 5. The van der Waals surface area contributed by atoms with Crippen molar-refractivity contribution < 1.29 is 9.59 Å². The van der Waals surface area contributed by atoms with E-state index in [4.69, 9.17) is 0 Å². The molecule has 0 radical (unpaired) electrons. The molecule has 8 heteroatoms. The highest BCUT2D eigenvalue weighted by atomic mass is 32.1. The standard InChI is InChI=1S/C26H29N5O2S/c1-4-26(2,3)27-25(33)24(19-11-6-5-7-12-19)30(17-20-13-10-16-34-20)23(32)18-31-22-15-9-8-14-21(22)28-29-31/h5-16,24H,4,17-18H2,1-3H3,(H,27,33)/t24-/m1/s1. The molecule has 0 aliphatic rings. The van der Waals surface area contributed by atoms with Crippen LogP contribution >= 0.6 is 11.3 Å². The van der Waals surface area contributed by atoms with Gasteiger partial charge in [-0.2, -0.15) is 0 Å². The van der Waals surface area contributed by atoms with E-state index >= 15 is 0 Å². The van der Waals surface area contributed by atoms with Crippen LogP contribution in [0.1, 0.15) is 43.7 Å². The number of rotatable bonds is 9. The van der Waals surface area contributed by atoms with Gasteiger partial charge in [-0.25, -0.2) is 4.68 Å². The van der Waals surface area contributed by atoms with Gasteiger partial charge in [0.15, 0.2) is 0 Å². The zero-order valence-electron chi connectivity index (χ0n) is 19.6. The van der Waals surface area contributed by atoms with Gasteiger partial charge in [0.1, 0.15) is 18.1 Å². The van der Waals surface area contributed by atoms with E-state index < -0.39 is 11.6 Å². The lowest BCUT2D eigenvalue weighted by Crippen LogP contribution is -2.50. The van der Waals surface area contributed by atoms with Crippen molar-refractivity contribution in [2.75, 3.05) is 0 Å². The van der Waals surface area contributed by atoms with E-state index in [2.05, 4.69) is 15.6 Å². The van der Waals surface area contributed by atoms with E-state index in [9.17, 15) is 9.59 Å². The molecule has 0 bridgehead atoms. The highest BCUT2D eigenvalue weighted by Crippen LogP contribution is 2.27. The maximum Gasteiger partial charge on any atom is 0.247 e. The molecular formula is C26H29N5O2S. The molecule has 2 heterocycles. The molecule has 0 saturated carbocycles. The summed E-state index contributed by atoms with van der Waals surface area (Å²) in [7, 11) is 0. The second kappa shape index (κ2) is 10.2. The number of nitrogens with one attached hydrogen (secondary N) is 1. The molecule has 0 unspecified atom stereocenters. The zero-order chi connectivity index (χ0) is 24.1. The average Bonchev–Trinajstić information content (AvgIpc) is 3.49. The summed E-state index contributed by atoms with van der Waals surface area (Å²) in [6.07, 6.45) is 0.768. The molecule has 1 N–H and O–H groups in total. The molecule has 34 heavy (non-hydrogen) atoms. The van der Waals surface area contributed by atoms with Crippen LogP contribution in [0.2, 0.25) is 0 Å². The minimum absolute atomic E-state index is 0.0142. The first-order valence-corrected chi connectivity index (χ1v) is 12.2. The smallest absolute Gasteiger partial charge is 0.247 e. The molecule has 4 rings (SSSR count). The van der Waals surface area contributed by atoms with Gasteiger partial charge in [-0.05, 0) is 49.4 Å². The first-order chi connectivity index (χ1) is 16.4. The van der Waals surface area contributed by atoms with E-state index in [0.29, 0.717) is 6.54 Å². The molecule has 176 valence electrons. The van der Waals surface area contributed by atoms with Gasteiger partial charge in [-0.3, -0.25) is 9.59 Å². The number of nitrogens with zero attached hydrogens (tertiary/aromatic N) is 4. The van der Waals surface area contributed by atoms with Gasteiger partial charge in [0.25, 0.3) is 0 Å². The maximum absolute atomic E-state index is 13.8.